The molecule has 0 fully saturated rings. The van der Waals surface area contributed by atoms with Crippen molar-refractivity contribution in [1.29, 1.82) is 0 Å². The fourth-order valence-electron chi connectivity index (χ4n) is 0.920. The Labute approximate surface area is 126 Å². The normalized spacial score (nSPS) is 10.1. The van der Waals surface area contributed by atoms with Gasteiger partial charge in [-0.3, -0.25) is 6.08 Å². The van der Waals surface area contributed by atoms with Crippen LogP contribution in [0.5, 0.6) is 0 Å². The van der Waals surface area contributed by atoms with Gasteiger partial charge in [0.05, 0.1) is 0 Å². The van der Waals surface area contributed by atoms with Gasteiger partial charge < -0.3 is 19.2 Å². The molecule has 0 amide bonds. The maximum atomic E-state index is 8.00. The molecule has 0 atom stereocenters. The second-order valence-corrected chi connectivity index (χ2v) is 8.49. The summed E-state index contributed by atoms with van der Waals surface area (Å²) in [7, 11) is -1.01. The second-order valence-electron chi connectivity index (χ2n) is 3.45. The summed E-state index contributed by atoms with van der Waals surface area (Å²) in [5, 5.41) is 1.49. The summed E-state index contributed by atoms with van der Waals surface area (Å²) in [6, 6.07) is 0. The van der Waals surface area contributed by atoms with Gasteiger partial charge in [-0.05, 0) is 0 Å². The van der Waals surface area contributed by atoms with Crippen LogP contribution >= 0.6 is 0 Å². The monoisotopic (exact) mass is 438 g/mol. The van der Waals surface area contributed by atoms with Gasteiger partial charge in [0.1, 0.15) is 27.2 Å². The number of carbonyl (C=O) groups is 4. The van der Waals surface area contributed by atoms with Crippen LogP contribution in [-0.2, 0) is 41.6 Å². The average molecular weight is 438 g/mol. The van der Waals surface area contributed by atoms with Gasteiger partial charge in [0.15, 0.2) is 0 Å². The zero-order valence-electron chi connectivity index (χ0n) is 11.3. The van der Waals surface area contributed by atoms with Crippen LogP contribution < -0.4 is 0 Å². The molecule has 0 saturated heterocycles. The molecule has 0 saturated carbocycles. The molecular formula is C12H21O4SiTa-. The van der Waals surface area contributed by atoms with Gasteiger partial charge >= 0.3 is 0 Å². The molecule has 0 aromatic carbocycles. The quantitative estimate of drug-likeness (QED) is 0.463. The molecule has 0 N–H and O–H groups in total. The van der Waals surface area contributed by atoms with E-state index in [0.29, 0.717) is 0 Å². The smallest absolute Gasteiger partial charge is 0.106 e. The van der Waals surface area contributed by atoms with Gasteiger partial charge in [-0.2, -0.15) is 6.08 Å². The average Bonchev–Trinajstić information content (AvgIpc) is 2.93. The molecule has 1 aliphatic rings. The Morgan fingerprint density at radius 1 is 0.944 bits per heavy atom. The van der Waals surface area contributed by atoms with Crippen molar-refractivity contribution in [3.8, 4) is 0 Å². The van der Waals surface area contributed by atoms with Crippen LogP contribution in [0.25, 0.3) is 0 Å². The number of allylic oxidation sites excluding steroid dienone is 4. The van der Waals surface area contributed by atoms with E-state index in [2.05, 4.69) is 37.9 Å². The van der Waals surface area contributed by atoms with E-state index in [1.165, 1.54) is 5.20 Å². The minimum absolute atomic E-state index is 0. The minimum atomic E-state index is -1.01. The first-order chi connectivity index (χ1) is 8.11. The standard InChI is InChI=1S/C8H13Si.4CH2O.Ta/c1-9(2,3)8-6-4-5-7-8;4*1-2;/h4,6H,5H2,1-3H3;4*1H2;/q-1;;;;;. The van der Waals surface area contributed by atoms with Gasteiger partial charge in [-0.25, -0.2) is 11.3 Å². The van der Waals surface area contributed by atoms with Crippen LogP contribution in [0.1, 0.15) is 6.42 Å². The molecule has 0 unspecified atom stereocenters. The van der Waals surface area contributed by atoms with E-state index in [1.54, 1.807) is 0 Å². The third kappa shape index (κ3) is 20.5. The fraction of sp³-hybridized carbons (Fsp3) is 0.333. The van der Waals surface area contributed by atoms with Crippen LogP contribution in [0, 0.1) is 6.08 Å². The van der Waals surface area contributed by atoms with E-state index in [9.17, 15) is 0 Å². The molecule has 1 radical (unpaired) electrons. The summed E-state index contributed by atoms with van der Waals surface area (Å²) in [6.07, 6.45) is 8.82. The zero-order chi connectivity index (χ0) is 14.9. The van der Waals surface area contributed by atoms with Crippen LogP contribution in [-0.4, -0.2) is 35.2 Å². The van der Waals surface area contributed by atoms with Gasteiger partial charge in [0, 0.05) is 30.5 Å². The number of rotatable bonds is 1. The van der Waals surface area contributed by atoms with Gasteiger partial charge in [0.25, 0.3) is 0 Å². The van der Waals surface area contributed by atoms with E-state index in [4.69, 9.17) is 19.2 Å². The first-order valence-electron chi connectivity index (χ1n) is 4.54. The zero-order valence-corrected chi connectivity index (χ0v) is 15.5. The molecule has 1 rings (SSSR count). The summed E-state index contributed by atoms with van der Waals surface area (Å²) in [5.41, 5.74) is 0. The summed E-state index contributed by atoms with van der Waals surface area (Å²) < 4.78 is 0. The van der Waals surface area contributed by atoms with Crippen LogP contribution in [0.15, 0.2) is 17.3 Å². The molecule has 0 spiro atoms. The number of carbonyl (C=O) groups excluding carboxylic acids is 4. The van der Waals surface area contributed by atoms with Gasteiger partial charge in [-0.15, -0.1) is 6.42 Å². The van der Waals surface area contributed by atoms with Crippen LogP contribution in [0.2, 0.25) is 19.6 Å². The summed E-state index contributed by atoms with van der Waals surface area (Å²) in [4.78, 5) is 32.0. The summed E-state index contributed by atoms with van der Waals surface area (Å²) in [5.74, 6) is 0. The number of hydrogen-bond donors (Lipinski definition) is 0. The molecule has 4 nitrogen and oxygen atoms in total. The van der Waals surface area contributed by atoms with Gasteiger partial charge in [-0.1, -0.05) is 19.6 Å². The topological polar surface area (TPSA) is 68.3 Å². The molecule has 0 bridgehead atoms. The maximum absolute atomic E-state index is 8.00. The molecule has 103 valence electrons. The van der Waals surface area contributed by atoms with E-state index >= 15 is 0 Å². The molecule has 0 heterocycles. The molecule has 18 heavy (non-hydrogen) atoms. The Kier molecular flexibility index (Phi) is 42.2. The molecule has 6 heteroatoms. The second kappa shape index (κ2) is 25.1. The Balaban J connectivity index is -0.0000000542. The molecule has 0 aromatic heterocycles. The van der Waals surface area contributed by atoms with E-state index < -0.39 is 8.07 Å². The fourth-order valence-corrected chi connectivity index (χ4v) is 2.17. The maximum Gasteiger partial charge on any atom is 0.106 e. The van der Waals surface area contributed by atoms with E-state index in [1.807, 2.05) is 27.2 Å². The Morgan fingerprint density at radius 3 is 1.39 bits per heavy atom. The molecular weight excluding hydrogens is 417 g/mol. The largest absolute Gasteiger partial charge is 0.307 e. The van der Waals surface area contributed by atoms with Crippen molar-refractivity contribution in [3.63, 3.8) is 0 Å². The van der Waals surface area contributed by atoms with Crippen molar-refractivity contribution in [3.05, 3.63) is 23.4 Å². The Bertz CT molecular complexity index is 217. The Morgan fingerprint density at radius 2 is 1.28 bits per heavy atom. The van der Waals surface area contributed by atoms with E-state index in [0.717, 1.165) is 6.42 Å². The Hall–Kier alpha value is -0.883. The van der Waals surface area contributed by atoms with Crippen molar-refractivity contribution in [2.24, 2.45) is 0 Å². The van der Waals surface area contributed by atoms with Crippen molar-refractivity contribution >= 4 is 35.2 Å². The summed E-state index contributed by atoms with van der Waals surface area (Å²) >= 11 is 0. The van der Waals surface area contributed by atoms with Crippen LogP contribution in [0.3, 0.4) is 0 Å². The van der Waals surface area contributed by atoms with E-state index in [-0.39, 0.29) is 22.4 Å². The van der Waals surface area contributed by atoms with Crippen molar-refractivity contribution < 1.29 is 41.6 Å². The van der Waals surface area contributed by atoms with Crippen molar-refractivity contribution in [2.75, 3.05) is 0 Å². The molecule has 1 aliphatic carbocycles. The number of hydrogen-bond acceptors (Lipinski definition) is 4. The predicted octanol–water partition coefficient (Wildman–Crippen LogP) is 1.81. The van der Waals surface area contributed by atoms with Crippen molar-refractivity contribution in [1.82, 2.24) is 0 Å². The predicted molar refractivity (Wildman–Crippen MR) is 72.3 cm³/mol. The summed E-state index contributed by atoms with van der Waals surface area (Å²) in [6.45, 7) is 15.1. The first-order valence-corrected chi connectivity index (χ1v) is 8.04. The molecule has 0 aromatic rings. The SMILES string of the molecule is C=O.C=O.C=O.C=O.C[Si](C)(C)C1=[C-]CC=C1.[Ta]. The third-order valence-corrected chi connectivity index (χ3v) is 3.46. The van der Waals surface area contributed by atoms with Crippen LogP contribution in [0.4, 0.5) is 0 Å². The molecule has 0 aliphatic heterocycles. The third-order valence-electron chi connectivity index (χ3n) is 1.50. The van der Waals surface area contributed by atoms with Gasteiger partial charge in [0.2, 0.25) is 0 Å². The minimum Gasteiger partial charge on any atom is -0.307 e. The van der Waals surface area contributed by atoms with Crippen molar-refractivity contribution in [2.45, 2.75) is 26.1 Å². The first kappa shape index (κ1) is 30.3.